The Bertz CT molecular complexity index is 487. The molecule has 1 saturated heterocycles. The second-order valence-corrected chi connectivity index (χ2v) is 5.54. The maximum Gasteiger partial charge on any atom is 0.227 e. The monoisotopic (exact) mass is 294 g/mol. The van der Waals surface area contributed by atoms with E-state index in [4.69, 9.17) is 11.6 Å². The average Bonchev–Trinajstić information content (AvgIpc) is 2.79. The van der Waals surface area contributed by atoms with Gasteiger partial charge < -0.3 is 10.2 Å². The molecule has 5 heteroatoms. The number of anilines is 1. The highest BCUT2D eigenvalue weighted by Gasteiger charge is 2.30. The molecule has 2 rings (SSSR count). The summed E-state index contributed by atoms with van der Waals surface area (Å²) in [5.41, 5.74) is 0.863. The molecule has 0 bridgehead atoms. The first kappa shape index (κ1) is 14.9. The summed E-state index contributed by atoms with van der Waals surface area (Å²) in [4.78, 5) is 25.2. The second-order valence-electron chi connectivity index (χ2n) is 5.10. The van der Waals surface area contributed by atoms with Gasteiger partial charge in [-0.05, 0) is 30.7 Å². The van der Waals surface area contributed by atoms with Crippen LogP contribution in [0.5, 0.6) is 0 Å². The first-order valence-corrected chi connectivity index (χ1v) is 7.30. The minimum absolute atomic E-state index is 0.0601. The lowest BCUT2D eigenvalue weighted by atomic mass is 10.1. The maximum absolute atomic E-state index is 12.0. The van der Waals surface area contributed by atoms with Gasteiger partial charge in [0.2, 0.25) is 11.8 Å². The molecule has 1 fully saturated rings. The Morgan fingerprint density at radius 2 is 2.10 bits per heavy atom. The molecule has 1 N–H and O–H groups in total. The molecule has 0 aliphatic carbocycles. The van der Waals surface area contributed by atoms with E-state index in [1.165, 1.54) is 0 Å². The van der Waals surface area contributed by atoms with Crippen LogP contribution in [0.2, 0.25) is 5.02 Å². The van der Waals surface area contributed by atoms with Gasteiger partial charge in [-0.15, -0.1) is 0 Å². The number of nitrogens with zero attached hydrogens (tertiary/aromatic N) is 1. The van der Waals surface area contributed by atoms with Gasteiger partial charge in [-0.3, -0.25) is 9.59 Å². The molecule has 0 aromatic heterocycles. The molecule has 1 heterocycles. The van der Waals surface area contributed by atoms with E-state index in [2.05, 4.69) is 5.32 Å². The number of nitrogens with one attached hydrogen (secondary N) is 1. The van der Waals surface area contributed by atoms with E-state index in [1.807, 2.05) is 19.1 Å². The van der Waals surface area contributed by atoms with Crippen LogP contribution in [0, 0.1) is 5.92 Å². The Kier molecular flexibility index (Phi) is 5.01. The van der Waals surface area contributed by atoms with Gasteiger partial charge in [-0.2, -0.15) is 0 Å². The normalized spacial score (nSPS) is 18.4. The molecular formula is C15H19ClN2O2. The predicted molar refractivity (Wildman–Crippen MR) is 79.8 cm³/mol. The van der Waals surface area contributed by atoms with E-state index < -0.39 is 0 Å². The Morgan fingerprint density at radius 1 is 1.40 bits per heavy atom. The van der Waals surface area contributed by atoms with Gasteiger partial charge in [-0.1, -0.05) is 18.5 Å². The molecule has 108 valence electrons. The van der Waals surface area contributed by atoms with E-state index >= 15 is 0 Å². The van der Waals surface area contributed by atoms with Crippen LogP contribution >= 0.6 is 11.6 Å². The molecular weight excluding hydrogens is 276 g/mol. The van der Waals surface area contributed by atoms with Crippen molar-refractivity contribution in [3.8, 4) is 0 Å². The maximum atomic E-state index is 12.0. The lowest BCUT2D eigenvalue weighted by Crippen LogP contribution is -2.31. The minimum Gasteiger partial charge on any atom is -0.356 e. The van der Waals surface area contributed by atoms with E-state index in [1.54, 1.807) is 17.0 Å². The number of rotatable bonds is 5. The van der Waals surface area contributed by atoms with E-state index in [0.29, 0.717) is 31.0 Å². The van der Waals surface area contributed by atoms with E-state index in [9.17, 15) is 9.59 Å². The molecule has 1 unspecified atom stereocenters. The highest BCUT2D eigenvalue weighted by molar-refractivity contribution is 6.30. The fraction of sp³-hybridized carbons (Fsp3) is 0.467. The van der Waals surface area contributed by atoms with Crippen molar-refractivity contribution in [2.75, 3.05) is 18.0 Å². The van der Waals surface area contributed by atoms with E-state index in [0.717, 1.165) is 12.1 Å². The zero-order chi connectivity index (χ0) is 14.5. The quantitative estimate of drug-likeness (QED) is 0.907. The smallest absolute Gasteiger partial charge is 0.227 e. The van der Waals surface area contributed by atoms with Crippen molar-refractivity contribution in [3.05, 3.63) is 29.3 Å². The molecule has 0 radical (unpaired) electrons. The molecule has 0 saturated carbocycles. The fourth-order valence-corrected chi connectivity index (χ4v) is 2.49. The summed E-state index contributed by atoms with van der Waals surface area (Å²) in [6, 6.07) is 7.25. The third kappa shape index (κ3) is 3.73. The van der Waals surface area contributed by atoms with Gasteiger partial charge in [0.25, 0.3) is 0 Å². The summed E-state index contributed by atoms with van der Waals surface area (Å²) in [6.07, 6.45) is 1.86. The van der Waals surface area contributed by atoms with Crippen molar-refractivity contribution in [2.45, 2.75) is 26.2 Å². The Hall–Kier alpha value is -1.55. The topological polar surface area (TPSA) is 49.4 Å². The minimum atomic E-state index is 0.0601. The molecule has 4 nitrogen and oxygen atoms in total. The van der Waals surface area contributed by atoms with Gasteiger partial charge >= 0.3 is 0 Å². The molecule has 2 amide bonds. The highest BCUT2D eigenvalue weighted by atomic mass is 35.5. The number of hydrogen-bond acceptors (Lipinski definition) is 2. The van der Waals surface area contributed by atoms with Gasteiger partial charge in [0, 0.05) is 42.6 Å². The Labute approximate surface area is 124 Å². The molecule has 1 atom stereocenters. The van der Waals surface area contributed by atoms with Gasteiger partial charge in [0.1, 0.15) is 0 Å². The molecule has 1 aromatic rings. The summed E-state index contributed by atoms with van der Waals surface area (Å²) in [5.74, 6) is 0.339. The van der Waals surface area contributed by atoms with Gasteiger partial charge in [0.15, 0.2) is 0 Å². The van der Waals surface area contributed by atoms with Crippen molar-refractivity contribution in [2.24, 2.45) is 5.92 Å². The largest absolute Gasteiger partial charge is 0.356 e. The van der Waals surface area contributed by atoms with Gasteiger partial charge in [-0.25, -0.2) is 0 Å². The number of hydrogen-bond donors (Lipinski definition) is 1. The van der Waals surface area contributed by atoms with Crippen LogP contribution in [0.3, 0.4) is 0 Å². The molecule has 20 heavy (non-hydrogen) atoms. The summed E-state index contributed by atoms with van der Waals surface area (Å²) in [7, 11) is 0. The highest BCUT2D eigenvalue weighted by Crippen LogP contribution is 2.25. The van der Waals surface area contributed by atoms with Crippen LogP contribution in [0.1, 0.15) is 26.2 Å². The van der Waals surface area contributed by atoms with Crippen molar-refractivity contribution < 1.29 is 9.59 Å². The first-order valence-electron chi connectivity index (χ1n) is 6.92. The van der Waals surface area contributed by atoms with E-state index in [-0.39, 0.29) is 17.7 Å². The number of carbonyl (C=O) groups excluding carboxylic acids is 2. The molecule has 0 spiro atoms. The molecule has 1 aromatic carbocycles. The zero-order valence-electron chi connectivity index (χ0n) is 11.6. The molecule has 1 aliphatic heterocycles. The Balaban J connectivity index is 1.90. The third-order valence-corrected chi connectivity index (χ3v) is 3.66. The van der Waals surface area contributed by atoms with Crippen LogP contribution in [-0.4, -0.2) is 24.9 Å². The summed E-state index contributed by atoms with van der Waals surface area (Å²) in [6.45, 7) is 3.18. The third-order valence-electron chi connectivity index (χ3n) is 3.41. The van der Waals surface area contributed by atoms with Crippen molar-refractivity contribution in [1.29, 1.82) is 0 Å². The lowest BCUT2D eigenvalue weighted by Gasteiger charge is -2.17. The van der Waals surface area contributed by atoms with Crippen molar-refractivity contribution in [1.82, 2.24) is 5.32 Å². The summed E-state index contributed by atoms with van der Waals surface area (Å²) >= 11 is 5.85. The number of carbonyl (C=O) groups is 2. The molecule has 1 aliphatic rings. The predicted octanol–water partition coefficient (Wildman–Crippen LogP) is 2.61. The number of benzene rings is 1. The second kappa shape index (κ2) is 6.75. The number of amides is 2. The first-order chi connectivity index (χ1) is 9.60. The standard InChI is InChI=1S/C15H19ClN2O2/c1-2-3-14(19)17-9-11-8-15(20)18(10-11)13-6-4-12(16)5-7-13/h4-7,11H,2-3,8-10H2,1H3,(H,17,19). The van der Waals surface area contributed by atoms with Crippen molar-refractivity contribution >= 4 is 29.1 Å². The van der Waals surface area contributed by atoms with Crippen LogP contribution < -0.4 is 10.2 Å². The summed E-state index contributed by atoms with van der Waals surface area (Å²) < 4.78 is 0. The van der Waals surface area contributed by atoms with Gasteiger partial charge in [0.05, 0.1) is 0 Å². The summed E-state index contributed by atoms with van der Waals surface area (Å²) in [5, 5.41) is 3.54. The number of halogens is 1. The lowest BCUT2D eigenvalue weighted by molar-refractivity contribution is -0.121. The van der Waals surface area contributed by atoms with Crippen LogP contribution in [0.4, 0.5) is 5.69 Å². The van der Waals surface area contributed by atoms with Crippen LogP contribution in [-0.2, 0) is 9.59 Å². The zero-order valence-corrected chi connectivity index (χ0v) is 12.3. The fourth-order valence-electron chi connectivity index (χ4n) is 2.36. The van der Waals surface area contributed by atoms with Crippen LogP contribution in [0.15, 0.2) is 24.3 Å². The van der Waals surface area contributed by atoms with Crippen LogP contribution in [0.25, 0.3) is 0 Å². The Morgan fingerprint density at radius 3 is 2.75 bits per heavy atom. The van der Waals surface area contributed by atoms with Crippen molar-refractivity contribution in [3.63, 3.8) is 0 Å². The average molecular weight is 295 g/mol. The SMILES string of the molecule is CCCC(=O)NCC1CC(=O)N(c2ccc(Cl)cc2)C1.